The Morgan fingerprint density at radius 1 is 1.22 bits per heavy atom. The van der Waals surface area contributed by atoms with Gasteiger partial charge in [0.15, 0.2) is 0 Å². The average molecular weight is 247 g/mol. The van der Waals surface area contributed by atoms with Crippen molar-refractivity contribution in [3.8, 4) is 0 Å². The van der Waals surface area contributed by atoms with Crippen LogP contribution in [0, 0.1) is 11.7 Å². The molecule has 3 heteroatoms. The lowest BCUT2D eigenvalue weighted by Gasteiger charge is -2.25. The molecule has 1 aliphatic heterocycles. The van der Waals surface area contributed by atoms with Crippen LogP contribution in [0.4, 0.5) is 4.39 Å². The van der Waals surface area contributed by atoms with Crippen LogP contribution in [0.15, 0.2) is 24.3 Å². The predicted molar refractivity (Wildman–Crippen MR) is 67.6 cm³/mol. The number of nitrogens with zero attached hydrogens (tertiary/aromatic N) is 1. The van der Waals surface area contributed by atoms with Gasteiger partial charge in [-0.2, -0.15) is 0 Å². The van der Waals surface area contributed by atoms with E-state index in [1.165, 1.54) is 12.1 Å². The molecule has 2 aliphatic rings. The minimum absolute atomic E-state index is 0.198. The summed E-state index contributed by atoms with van der Waals surface area (Å²) in [6.45, 7) is 0.904. The Balaban J connectivity index is 1.67. The number of carbonyl (C=O) groups is 1. The van der Waals surface area contributed by atoms with Crippen LogP contribution in [0.1, 0.15) is 31.2 Å². The third-order valence-electron chi connectivity index (χ3n) is 3.97. The zero-order valence-electron chi connectivity index (χ0n) is 10.4. The van der Waals surface area contributed by atoms with Crippen LogP contribution in [0.25, 0.3) is 0 Å². The Bertz CT molecular complexity index is 438. The number of carbonyl (C=O) groups excluding carboxylic acids is 1. The standard InChI is InChI=1S/C15H18FNO/c16-13-7-3-11(4-8-13)10-14-2-1-9-17(14)15(18)12-5-6-12/h3-4,7-8,12,14H,1-2,5-6,9-10H2. The van der Waals surface area contributed by atoms with E-state index in [0.717, 1.165) is 44.2 Å². The SMILES string of the molecule is O=C(C1CC1)N1CCCC1Cc1ccc(F)cc1. The third-order valence-corrected chi connectivity index (χ3v) is 3.97. The Morgan fingerprint density at radius 2 is 1.94 bits per heavy atom. The molecule has 1 aromatic rings. The first-order chi connectivity index (χ1) is 8.74. The summed E-state index contributed by atoms with van der Waals surface area (Å²) in [5, 5.41) is 0. The number of rotatable bonds is 3. The zero-order valence-corrected chi connectivity index (χ0v) is 10.4. The molecular weight excluding hydrogens is 229 g/mol. The largest absolute Gasteiger partial charge is 0.339 e. The molecule has 1 aromatic carbocycles. The van der Waals surface area contributed by atoms with E-state index in [-0.39, 0.29) is 5.82 Å². The van der Waals surface area contributed by atoms with Crippen molar-refractivity contribution in [1.82, 2.24) is 4.90 Å². The van der Waals surface area contributed by atoms with Crippen molar-refractivity contribution in [2.75, 3.05) is 6.54 Å². The lowest BCUT2D eigenvalue weighted by molar-refractivity contribution is -0.133. The van der Waals surface area contributed by atoms with Crippen LogP contribution >= 0.6 is 0 Å². The second kappa shape index (κ2) is 4.71. The predicted octanol–water partition coefficient (Wildman–Crippen LogP) is 2.77. The number of amides is 1. The Labute approximate surface area is 107 Å². The molecule has 2 fully saturated rings. The highest BCUT2D eigenvalue weighted by Crippen LogP contribution is 2.34. The van der Waals surface area contributed by atoms with Crippen molar-refractivity contribution in [3.63, 3.8) is 0 Å². The van der Waals surface area contributed by atoms with E-state index in [1.54, 1.807) is 0 Å². The van der Waals surface area contributed by atoms with Gasteiger partial charge in [-0.1, -0.05) is 12.1 Å². The molecule has 2 nitrogen and oxygen atoms in total. The summed E-state index contributed by atoms with van der Waals surface area (Å²) in [7, 11) is 0. The van der Waals surface area contributed by atoms with Gasteiger partial charge >= 0.3 is 0 Å². The fourth-order valence-electron chi connectivity index (χ4n) is 2.80. The van der Waals surface area contributed by atoms with E-state index >= 15 is 0 Å². The smallest absolute Gasteiger partial charge is 0.225 e. The van der Waals surface area contributed by atoms with Gasteiger partial charge in [-0.05, 0) is 49.8 Å². The van der Waals surface area contributed by atoms with Gasteiger partial charge in [0.2, 0.25) is 5.91 Å². The van der Waals surface area contributed by atoms with Crippen molar-refractivity contribution in [2.45, 2.75) is 38.1 Å². The summed E-state index contributed by atoms with van der Waals surface area (Å²) < 4.78 is 12.9. The van der Waals surface area contributed by atoms with Gasteiger partial charge in [0.1, 0.15) is 5.82 Å². The average Bonchev–Trinajstić information content (AvgIpc) is 3.12. The van der Waals surface area contributed by atoms with E-state index in [0.29, 0.717) is 17.9 Å². The van der Waals surface area contributed by atoms with E-state index in [1.807, 2.05) is 12.1 Å². The summed E-state index contributed by atoms with van der Waals surface area (Å²) in [6, 6.07) is 6.97. The lowest BCUT2D eigenvalue weighted by Crippen LogP contribution is -2.37. The topological polar surface area (TPSA) is 20.3 Å². The molecule has 1 unspecified atom stereocenters. The summed E-state index contributed by atoms with van der Waals surface area (Å²) >= 11 is 0. The molecule has 1 aliphatic carbocycles. The van der Waals surface area contributed by atoms with Crippen LogP contribution in [0.2, 0.25) is 0 Å². The summed E-state index contributed by atoms with van der Waals surface area (Å²) in [6.07, 6.45) is 5.18. The number of hydrogen-bond donors (Lipinski definition) is 0. The first-order valence-electron chi connectivity index (χ1n) is 6.79. The van der Waals surface area contributed by atoms with Crippen molar-refractivity contribution in [1.29, 1.82) is 0 Å². The molecule has 0 radical (unpaired) electrons. The van der Waals surface area contributed by atoms with Gasteiger partial charge in [-0.3, -0.25) is 4.79 Å². The summed E-state index contributed by atoms with van der Waals surface area (Å²) in [5.74, 6) is 0.453. The van der Waals surface area contributed by atoms with Crippen molar-refractivity contribution in [3.05, 3.63) is 35.6 Å². The third kappa shape index (κ3) is 2.40. The maximum atomic E-state index is 12.9. The van der Waals surface area contributed by atoms with Gasteiger partial charge in [0.25, 0.3) is 0 Å². The molecule has 3 rings (SSSR count). The van der Waals surface area contributed by atoms with Gasteiger partial charge in [-0.25, -0.2) is 4.39 Å². The maximum absolute atomic E-state index is 12.9. The Morgan fingerprint density at radius 3 is 2.61 bits per heavy atom. The lowest BCUT2D eigenvalue weighted by atomic mass is 10.0. The quantitative estimate of drug-likeness (QED) is 0.804. The number of benzene rings is 1. The maximum Gasteiger partial charge on any atom is 0.225 e. The van der Waals surface area contributed by atoms with Crippen LogP contribution in [-0.4, -0.2) is 23.4 Å². The molecule has 0 spiro atoms. The zero-order chi connectivity index (χ0) is 12.5. The molecule has 1 heterocycles. The first-order valence-corrected chi connectivity index (χ1v) is 6.79. The molecule has 0 bridgehead atoms. The van der Waals surface area contributed by atoms with Crippen molar-refractivity contribution in [2.24, 2.45) is 5.92 Å². The molecule has 96 valence electrons. The minimum Gasteiger partial charge on any atom is -0.339 e. The number of likely N-dealkylation sites (tertiary alicyclic amines) is 1. The number of hydrogen-bond acceptors (Lipinski definition) is 1. The van der Waals surface area contributed by atoms with Gasteiger partial charge in [0.05, 0.1) is 0 Å². The molecule has 0 aromatic heterocycles. The highest BCUT2D eigenvalue weighted by atomic mass is 19.1. The normalized spacial score (nSPS) is 23.4. The van der Waals surface area contributed by atoms with E-state index in [4.69, 9.17) is 0 Å². The molecule has 1 saturated heterocycles. The fourth-order valence-corrected chi connectivity index (χ4v) is 2.80. The molecule has 18 heavy (non-hydrogen) atoms. The molecule has 1 atom stereocenters. The highest BCUT2D eigenvalue weighted by molar-refractivity contribution is 5.81. The number of halogens is 1. The van der Waals surface area contributed by atoms with E-state index < -0.39 is 0 Å². The fraction of sp³-hybridized carbons (Fsp3) is 0.533. The van der Waals surface area contributed by atoms with Gasteiger partial charge in [-0.15, -0.1) is 0 Å². The van der Waals surface area contributed by atoms with Crippen LogP contribution in [-0.2, 0) is 11.2 Å². The van der Waals surface area contributed by atoms with Gasteiger partial charge in [0, 0.05) is 18.5 Å². The monoisotopic (exact) mass is 247 g/mol. The second-order valence-corrected chi connectivity index (χ2v) is 5.43. The van der Waals surface area contributed by atoms with Gasteiger partial charge < -0.3 is 4.90 Å². The van der Waals surface area contributed by atoms with Crippen molar-refractivity contribution < 1.29 is 9.18 Å². The minimum atomic E-state index is -0.198. The second-order valence-electron chi connectivity index (χ2n) is 5.43. The summed E-state index contributed by atoms with van der Waals surface area (Å²) in [5.41, 5.74) is 1.12. The highest BCUT2D eigenvalue weighted by Gasteiger charge is 2.38. The van der Waals surface area contributed by atoms with Crippen LogP contribution in [0.5, 0.6) is 0 Å². The van der Waals surface area contributed by atoms with Crippen LogP contribution in [0.3, 0.4) is 0 Å². The molecule has 0 N–H and O–H groups in total. The van der Waals surface area contributed by atoms with E-state index in [9.17, 15) is 9.18 Å². The first kappa shape index (κ1) is 11.7. The molecule has 1 amide bonds. The Kier molecular flexibility index (Phi) is 3.06. The van der Waals surface area contributed by atoms with Crippen molar-refractivity contribution >= 4 is 5.91 Å². The van der Waals surface area contributed by atoms with Crippen LogP contribution < -0.4 is 0 Å². The molecular formula is C15H18FNO. The Hall–Kier alpha value is -1.38. The van der Waals surface area contributed by atoms with E-state index in [2.05, 4.69) is 4.90 Å². The molecule has 1 saturated carbocycles. The summed E-state index contributed by atoms with van der Waals surface area (Å²) in [4.78, 5) is 14.2.